The fraction of sp³-hybridized carbons (Fsp3) is 0.0952. The van der Waals surface area contributed by atoms with Crippen molar-refractivity contribution in [2.45, 2.75) is 6.18 Å². The molecule has 0 aliphatic rings. The van der Waals surface area contributed by atoms with E-state index in [1.54, 1.807) is 0 Å². The highest BCUT2D eigenvalue weighted by Gasteiger charge is 2.33. The zero-order chi connectivity index (χ0) is 23.5. The van der Waals surface area contributed by atoms with Crippen LogP contribution in [-0.4, -0.2) is 17.9 Å². The van der Waals surface area contributed by atoms with E-state index < -0.39 is 39.8 Å². The number of nitro benzene ring substituents is 1. The standard InChI is InChI=1S/C21H14F4N2O5/c1-31-19-9-12(20(28)26-15-4-2-3-14(22)11-15)5-7-18(19)32-17-8-6-13(21(23,24)25)10-16(17)27(29)30/h2-11H,1H3,(H,26,28). The Morgan fingerprint density at radius 2 is 1.72 bits per heavy atom. The number of nitro groups is 1. The molecule has 32 heavy (non-hydrogen) atoms. The molecule has 0 aliphatic heterocycles. The van der Waals surface area contributed by atoms with Crippen LogP contribution >= 0.6 is 0 Å². The minimum Gasteiger partial charge on any atom is -0.493 e. The molecule has 166 valence electrons. The molecule has 3 aromatic rings. The number of hydrogen-bond donors (Lipinski definition) is 1. The number of carbonyl (C=O) groups is 1. The van der Waals surface area contributed by atoms with Gasteiger partial charge in [0.05, 0.1) is 17.6 Å². The maximum absolute atomic E-state index is 13.3. The summed E-state index contributed by atoms with van der Waals surface area (Å²) in [4.78, 5) is 22.6. The summed E-state index contributed by atoms with van der Waals surface area (Å²) in [5.74, 6) is -1.66. The van der Waals surface area contributed by atoms with Crippen molar-refractivity contribution < 1.29 is 36.8 Å². The minimum absolute atomic E-state index is 0.00825. The molecule has 0 aliphatic carbocycles. The first-order valence-corrected chi connectivity index (χ1v) is 8.87. The van der Waals surface area contributed by atoms with Crippen LogP contribution in [0.3, 0.4) is 0 Å². The van der Waals surface area contributed by atoms with Gasteiger partial charge in [-0.25, -0.2) is 4.39 Å². The largest absolute Gasteiger partial charge is 0.493 e. The minimum atomic E-state index is -4.77. The van der Waals surface area contributed by atoms with Crippen molar-refractivity contribution in [1.82, 2.24) is 0 Å². The number of anilines is 1. The lowest BCUT2D eigenvalue weighted by Crippen LogP contribution is -2.12. The number of methoxy groups -OCH3 is 1. The summed E-state index contributed by atoms with van der Waals surface area (Å²) in [5.41, 5.74) is -1.78. The van der Waals surface area contributed by atoms with E-state index in [4.69, 9.17) is 9.47 Å². The van der Waals surface area contributed by atoms with Crippen LogP contribution in [0.5, 0.6) is 17.2 Å². The summed E-state index contributed by atoms with van der Waals surface area (Å²) in [6.45, 7) is 0. The molecule has 3 rings (SSSR count). The third kappa shape index (κ3) is 5.12. The molecule has 0 fully saturated rings. The highest BCUT2D eigenvalue weighted by atomic mass is 19.4. The molecule has 0 atom stereocenters. The summed E-state index contributed by atoms with van der Waals surface area (Å²) < 4.78 is 62.4. The molecule has 0 saturated carbocycles. The molecular weight excluding hydrogens is 436 g/mol. The zero-order valence-corrected chi connectivity index (χ0v) is 16.3. The van der Waals surface area contributed by atoms with E-state index in [0.717, 1.165) is 12.1 Å². The topological polar surface area (TPSA) is 90.7 Å². The lowest BCUT2D eigenvalue weighted by Gasteiger charge is -2.13. The maximum Gasteiger partial charge on any atom is 0.416 e. The Labute approximate surface area is 178 Å². The Morgan fingerprint density at radius 1 is 1.00 bits per heavy atom. The first kappa shape index (κ1) is 22.5. The molecule has 7 nitrogen and oxygen atoms in total. The number of nitrogens with zero attached hydrogens (tertiary/aromatic N) is 1. The molecule has 3 aromatic carbocycles. The van der Waals surface area contributed by atoms with Crippen molar-refractivity contribution in [2.75, 3.05) is 12.4 Å². The first-order valence-electron chi connectivity index (χ1n) is 8.87. The molecular formula is C21H14F4N2O5. The van der Waals surface area contributed by atoms with Crippen molar-refractivity contribution in [3.8, 4) is 17.2 Å². The van der Waals surface area contributed by atoms with Crippen molar-refractivity contribution in [1.29, 1.82) is 0 Å². The van der Waals surface area contributed by atoms with Gasteiger partial charge in [0.25, 0.3) is 5.91 Å². The average molecular weight is 450 g/mol. The van der Waals surface area contributed by atoms with Crippen LogP contribution in [0.2, 0.25) is 0 Å². The van der Waals surface area contributed by atoms with Gasteiger partial charge in [-0.2, -0.15) is 13.2 Å². The predicted molar refractivity (Wildman–Crippen MR) is 106 cm³/mol. The Morgan fingerprint density at radius 3 is 2.34 bits per heavy atom. The number of hydrogen-bond acceptors (Lipinski definition) is 5. The molecule has 0 aromatic heterocycles. The van der Waals surface area contributed by atoms with Gasteiger partial charge in [-0.05, 0) is 48.5 Å². The third-order valence-corrected chi connectivity index (χ3v) is 4.21. The third-order valence-electron chi connectivity index (χ3n) is 4.21. The Bertz CT molecular complexity index is 1180. The quantitative estimate of drug-likeness (QED) is 0.291. The average Bonchev–Trinajstić information content (AvgIpc) is 2.73. The molecule has 0 spiro atoms. The van der Waals surface area contributed by atoms with Crippen LogP contribution in [0.25, 0.3) is 0 Å². The number of benzene rings is 3. The highest BCUT2D eigenvalue weighted by molar-refractivity contribution is 6.04. The monoisotopic (exact) mass is 450 g/mol. The van der Waals surface area contributed by atoms with E-state index in [9.17, 15) is 32.5 Å². The van der Waals surface area contributed by atoms with Gasteiger partial charge in [0.1, 0.15) is 5.82 Å². The molecule has 0 radical (unpaired) electrons. The molecule has 1 N–H and O–H groups in total. The second kappa shape index (κ2) is 8.92. The van der Waals surface area contributed by atoms with Crippen molar-refractivity contribution in [2.24, 2.45) is 0 Å². The lowest BCUT2D eigenvalue weighted by atomic mass is 10.1. The summed E-state index contributed by atoms with van der Waals surface area (Å²) in [6.07, 6.45) is -4.77. The van der Waals surface area contributed by atoms with Gasteiger partial charge >= 0.3 is 11.9 Å². The van der Waals surface area contributed by atoms with Crippen LogP contribution in [0.15, 0.2) is 60.7 Å². The van der Waals surface area contributed by atoms with Crippen LogP contribution in [0.1, 0.15) is 15.9 Å². The number of halogens is 4. The number of nitrogens with one attached hydrogen (secondary N) is 1. The van der Waals surface area contributed by atoms with Crippen LogP contribution in [0.4, 0.5) is 28.9 Å². The maximum atomic E-state index is 13.3. The van der Waals surface area contributed by atoms with Gasteiger partial charge in [0.15, 0.2) is 11.5 Å². The second-order valence-electron chi connectivity index (χ2n) is 6.37. The van der Waals surface area contributed by atoms with E-state index in [1.807, 2.05) is 0 Å². The fourth-order valence-corrected chi connectivity index (χ4v) is 2.70. The molecule has 0 bridgehead atoms. The van der Waals surface area contributed by atoms with E-state index in [-0.39, 0.29) is 22.7 Å². The SMILES string of the molecule is COc1cc(C(=O)Nc2cccc(F)c2)ccc1Oc1ccc(C(F)(F)F)cc1[N+](=O)[O-]. The molecule has 1 amide bonds. The lowest BCUT2D eigenvalue weighted by molar-refractivity contribution is -0.385. The van der Waals surface area contributed by atoms with Crippen molar-refractivity contribution in [3.05, 3.63) is 87.7 Å². The number of alkyl halides is 3. The van der Waals surface area contributed by atoms with E-state index in [1.165, 1.54) is 43.5 Å². The fourth-order valence-electron chi connectivity index (χ4n) is 2.70. The normalized spacial score (nSPS) is 11.0. The zero-order valence-electron chi connectivity index (χ0n) is 16.3. The Balaban J connectivity index is 1.88. The van der Waals surface area contributed by atoms with Gasteiger partial charge < -0.3 is 14.8 Å². The van der Waals surface area contributed by atoms with Crippen LogP contribution < -0.4 is 14.8 Å². The van der Waals surface area contributed by atoms with Crippen molar-refractivity contribution in [3.63, 3.8) is 0 Å². The summed E-state index contributed by atoms with van der Waals surface area (Å²) in [7, 11) is 1.25. The summed E-state index contributed by atoms with van der Waals surface area (Å²) in [5, 5.41) is 13.7. The molecule has 0 saturated heterocycles. The van der Waals surface area contributed by atoms with Gasteiger partial charge in [0, 0.05) is 17.3 Å². The van der Waals surface area contributed by atoms with Gasteiger partial charge in [-0.15, -0.1) is 0 Å². The number of ether oxygens (including phenoxy) is 2. The first-order chi connectivity index (χ1) is 15.1. The smallest absolute Gasteiger partial charge is 0.416 e. The highest BCUT2D eigenvalue weighted by Crippen LogP contribution is 2.40. The summed E-state index contributed by atoms with van der Waals surface area (Å²) >= 11 is 0. The number of carbonyl (C=O) groups excluding carboxylic acids is 1. The van der Waals surface area contributed by atoms with Gasteiger partial charge in [-0.3, -0.25) is 14.9 Å². The predicted octanol–water partition coefficient (Wildman–Crippen LogP) is 5.81. The Kier molecular flexibility index (Phi) is 6.28. The Hall–Kier alpha value is -4.15. The number of rotatable bonds is 6. The van der Waals surface area contributed by atoms with Crippen LogP contribution in [-0.2, 0) is 6.18 Å². The summed E-state index contributed by atoms with van der Waals surface area (Å²) in [6, 6.07) is 10.9. The van der Waals surface area contributed by atoms with E-state index >= 15 is 0 Å². The number of amides is 1. The van der Waals surface area contributed by atoms with Gasteiger partial charge in [-0.1, -0.05) is 6.07 Å². The van der Waals surface area contributed by atoms with E-state index in [2.05, 4.69) is 5.32 Å². The van der Waals surface area contributed by atoms with Gasteiger partial charge in [0.2, 0.25) is 5.75 Å². The van der Waals surface area contributed by atoms with Crippen LogP contribution in [0, 0.1) is 15.9 Å². The van der Waals surface area contributed by atoms with Crippen molar-refractivity contribution >= 4 is 17.3 Å². The van der Waals surface area contributed by atoms with E-state index in [0.29, 0.717) is 12.1 Å². The second-order valence-corrected chi connectivity index (χ2v) is 6.37. The molecule has 11 heteroatoms. The molecule has 0 heterocycles. The molecule has 0 unspecified atom stereocenters.